The van der Waals surface area contributed by atoms with Crippen LogP contribution in [0.4, 0.5) is 5.69 Å². The Hall–Kier alpha value is -2.44. The van der Waals surface area contributed by atoms with Gasteiger partial charge in [-0.3, -0.25) is 19.7 Å². The zero-order chi connectivity index (χ0) is 14.4. The molecule has 102 valence electrons. The van der Waals surface area contributed by atoms with Crippen molar-refractivity contribution < 1.29 is 19.2 Å². The number of benzene rings is 1. The number of esters is 1. The lowest BCUT2D eigenvalue weighted by molar-refractivity contribution is -0.385. The molecule has 1 aromatic carbocycles. The number of nitro groups is 1. The van der Waals surface area contributed by atoms with Gasteiger partial charge >= 0.3 is 5.97 Å². The Balaban J connectivity index is 3.04. The van der Waals surface area contributed by atoms with Crippen molar-refractivity contribution in [2.45, 2.75) is 6.92 Å². The molecule has 0 aliphatic carbocycles. The molecular weight excluding hydrogens is 252 g/mol. The highest BCUT2D eigenvalue weighted by atomic mass is 16.6. The third-order valence-corrected chi connectivity index (χ3v) is 2.55. The van der Waals surface area contributed by atoms with Crippen LogP contribution in [0.1, 0.15) is 17.3 Å². The zero-order valence-electron chi connectivity index (χ0n) is 10.7. The molecule has 7 nitrogen and oxygen atoms in total. The molecule has 1 amide bonds. The van der Waals surface area contributed by atoms with Crippen molar-refractivity contribution in [3.05, 3.63) is 39.9 Å². The Morgan fingerprint density at radius 2 is 2.00 bits per heavy atom. The molecule has 0 aliphatic heterocycles. The van der Waals surface area contributed by atoms with E-state index in [0.29, 0.717) is 0 Å². The molecule has 7 heteroatoms. The molecule has 0 saturated heterocycles. The van der Waals surface area contributed by atoms with Gasteiger partial charge in [-0.2, -0.15) is 0 Å². The smallest absolute Gasteiger partial charge is 0.325 e. The van der Waals surface area contributed by atoms with Crippen molar-refractivity contribution in [3.63, 3.8) is 0 Å². The number of methoxy groups -OCH3 is 1. The predicted molar refractivity (Wildman–Crippen MR) is 66.7 cm³/mol. The first kappa shape index (κ1) is 14.6. The molecule has 0 saturated carbocycles. The SMILES string of the molecule is CCN(CC(=O)OC)C(=O)c1ccccc1[N+](=O)[O-]. The summed E-state index contributed by atoms with van der Waals surface area (Å²) in [7, 11) is 1.21. The molecule has 0 aromatic heterocycles. The van der Waals surface area contributed by atoms with Crippen molar-refractivity contribution >= 4 is 17.6 Å². The molecule has 0 bridgehead atoms. The molecular formula is C12H14N2O5. The number of amides is 1. The Kier molecular flexibility index (Phi) is 4.99. The number of ether oxygens (including phenoxy) is 1. The second-order valence-corrected chi connectivity index (χ2v) is 3.67. The topological polar surface area (TPSA) is 89.8 Å². The quantitative estimate of drug-likeness (QED) is 0.454. The van der Waals surface area contributed by atoms with Gasteiger partial charge in [0.05, 0.1) is 12.0 Å². The highest BCUT2D eigenvalue weighted by Crippen LogP contribution is 2.19. The number of carbonyl (C=O) groups is 2. The van der Waals surface area contributed by atoms with E-state index in [4.69, 9.17) is 0 Å². The average molecular weight is 266 g/mol. The molecule has 1 rings (SSSR count). The van der Waals surface area contributed by atoms with E-state index in [1.807, 2.05) is 0 Å². The van der Waals surface area contributed by atoms with Crippen molar-refractivity contribution in [2.24, 2.45) is 0 Å². The predicted octanol–water partition coefficient (Wildman–Crippen LogP) is 1.23. The van der Waals surface area contributed by atoms with Crippen LogP contribution in [0.25, 0.3) is 0 Å². The van der Waals surface area contributed by atoms with Crippen LogP contribution in [0, 0.1) is 10.1 Å². The summed E-state index contributed by atoms with van der Waals surface area (Å²) in [4.78, 5) is 34.8. The molecule has 0 radical (unpaired) electrons. The minimum Gasteiger partial charge on any atom is -0.468 e. The van der Waals surface area contributed by atoms with Crippen LogP contribution in [0.5, 0.6) is 0 Å². The van der Waals surface area contributed by atoms with Gasteiger partial charge in [-0.05, 0) is 13.0 Å². The molecule has 0 N–H and O–H groups in total. The minimum atomic E-state index is -0.626. The van der Waals surface area contributed by atoms with Gasteiger partial charge in [0.25, 0.3) is 11.6 Å². The minimum absolute atomic E-state index is 0.0433. The third-order valence-electron chi connectivity index (χ3n) is 2.55. The van der Waals surface area contributed by atoms with Crippen molar-refractivity contribution in [1.29, 1.82) is 0 Å². The van der Waals surface area contributed by atoms with Crippen LogP contribution in [0.15, 0.2) is 24.3 Å². The Bertz CT molecular complexity index is 501. The van der Waals surface area contributed by atoms with E-state index in [1.165, 1.54) is 36.3 Å². The van der Waals surface area contributed by atoms with Gasteiger partial charge in [0.1, 0.15) is 12.1 Å². The molecule has 0 aliphatic rings. The second-order valence-electron chi connectivity index (χ2n) is 3.67. The lowest BCUT2D eigenvalue weighted by Gasteiger charge is -2.19. The Labute approximate surface area is 109 Å². The number of nitrogens with zero attached hydrogens (tertiary/aromatic N) is 2. The number of rotatable bonds is 5. The van der Waals surface area contributed by atoms with Gasteiger partial charge in [-0.1, -0.05) is 12.1 Å². The fourth-order valence-electron chi connectivity index (χ4n) is 1.53. The second kappa shape index (κ2) is 6.48. The third kappa shape index (κ3) is 3.51. The molecule has 1 aromatic rings. The van der Waals surface area contributed by atoms with Crippen LogP contribution in [-0.4, -0.2) is 41.9 Å². The number of nitro benzene ring substituents is 1. The van der Waals surface area contributed by atoms with Crippen LogP contribution < -0.4 is 0 Å². The van der Waals surface area contributed by atoms with Crippen LogP contribution in [-0.2, 0) is 9.53 Å². The highest BCUT2D eigenvalue weighted by molar-refractivity contribution is 5.99. The zero-order valence-corrected chi connectivity index (χ0v) is 10.7. The maximum absolute atomic E-state index is 12.2. The largest absolute Gasteiger partial charge is 0.468 e. The average Bonchev–Trinajstić information content (AvgIpc) is 2.43. The van der Waals surface area contributed by atoms with Gasteiger partial charge < -0.3 is 9.64 Å². The maximum Gasteiger partial charge on any atom is 0.325 e. The van der Waals surface area contributed by atoms with Gasteiger partial charge in [0, 0.05) is 12.6 Å². The summed E-state index contributed by atoms with van der Waals surface area (Å²) in [6.45, 7) is 1.69. The standard InChI is InChI=1S/C12H14N2O5/c1-3-13(8-11(15)19-2)12(16)9-6-4-5-7-10(9)14(17)18/h4-7H,3,8H2,1-2H3. The Morgan fingerprint density at radius 1 is 1.37 bits per heavy atom. The van der Waals surface area contributed by atoms with Crippen molar-refractivity contribution in [2.75, 3.05) is 20.2 Å². The van der Waals surface area contributed by atoms with Gasteiger partial charge in [-0.15, -0.1) is 0 Å². The summed E-state index contributed by atoms with van der Waals surface area (Å²) >= 11 is 0. The number of hydrogen-bond acceptors (Lipinski definition) is 5. The van der Waals surface area contributed by atoms with Gasteiger partial charge in [-0.25, -0.2) is 0 Å². The summed E-state index contributed by atoms with van der Waals surface area (Å²) in [5.41, 5.74) is -0.325. The van der Waals surface area contributed by atoms with Gasteiger partial charge in [0.15, 0.2) is 0 Å². The van der Waals surface area contributed by atoms with Crippen molar-refractivity contribution in [1.82, 2.24) is 4.90 Å². The molecule has 0 fully saturated rings. The molecule has 0 heterocycles. The summed E-state index contributed by atoms with van der Waals surface area (Å²) in [5, 5.41) is 10.9. The first-order valence-electron chi connectivity index (χ1n) is 5.60. The van der Waals surface area contributed by atoms with E-state index >= 15 is 0 Å². The number of para-hydroxylation sites is 1. The molecule has 0 spiro atoms. The lowest BCUT2D eigenvalue weighted by Crippen LogP contribution is -2.36. The molecule has 0 unspecified atom stereocenters. The summed E-state index contributed by atoms with van der Waals surface area (Å²) < 4.78 is 4.48. The highest BCUT2D eigenvalue weighted by Gasteiger charge is 2.24. The first-order chi connectivity index (χ1) is 9.01. The number of hydrogen-bond donors (Lipinski definition) is 0. The molecule has 0 atom stereocenters. The van der Waals surface area contributed by atoms with Crippen LogP contribution in [0.3, 0.4) is 0 Å². The van der Waals surface area contributed by atoms with Crippen LogP contribution >= 0.6 is 0 Å². The van der Waals surface area contributed by atoms with E-state index in [-0.39, 0.29) is 24.3 Å². The lowest BCUT2D eigenvalue weighted by atomic mass is 10.1. The van der Waals surface area contributed by atoms with E-state index < -0.39 is 16.8 Å². The van der Waals surface area contributed by atoms with E-state index in [1.54, 1.807) is 6.92 Å². The van der Waals surface area contributed by atoms with Crippen LogP contribution in [0.2, 0.25) is 0 Å². The van der Waals surface area contributed by atoms with Crippen molar-refractivity contribution in [3.8, 4) is 0 Å². The first-order valence-corrected chi connectivity index (χ1v) is 5.60. The normalized spacial score (nSPS) is 9.79. The molecule has 19 heavy (non-hydrogen) atoms. The summed E-state index contributed by atoms with van der Waals surface area (Å²) in [6.07, 6.45) is 0. The fraction of sp³-hybridized carbons (Fsp3) is 0.333. The van der Waals surface area contributed by atoms with E-state index in [0.717, 1.165) is 0 Å². The fourth-order valence-corrected chi connectivity index (χ4v) is 1.53. The van der Waals surface area contributed by atoms with Gasteiger partial charge in [0.2, 0.25) is 0 Å². The van der Waals surface area contributed by atoms with E-state index in [2.05, 4.69) is 4.74 Å². The summed E-state index contributed by atoms with van der Waals surface area (Å²) in [6, 6.07) is 5.62. The van der Waals surface area contributed by atoms with E-state index in [9.17, 15) is 19.7 Å². The number of likely N-dealkylation sites (N-methyl/N-ethyl adjacent to an activating group) is 1. The summed E-state index contributed by atoms with van der Waals surface area (Å²) in [5.74, 6) is -1.14. The number of carbonyl (C=O) groups excluding carboxylic acids is 2. The monoisotopic (exact) mass is 266 g/mol. The maximum atomic E-state index is 12.2. The Morgan fingerprint density at radius 3 is 2.53 bits per heavy atom.